The highest BCUT2D eigenvalue weighted by atomic mass is 19.1. The van der Waals surface area contributed by atoms with Gasteiger partial charge in [0, 0.05) is 56.2 Å². The van der Waals surface area contributed by atoms with E-state index in [9.17, 15) is 14.3 Å². The van der Waals surface area contributed by atoms with Crippen molar-refractivity contribution in [1.82, 2.24) is 4.90 Å². The van der Waals surface area contributed by atoms with Gasteiger partial charge in [0.1, 0.15) is 11.9 Å². The summed E-state index contributed by atoms with van der Waals surface area (Å²) in [6.45, 7) is 8.42. The molecule has 6 heteroatoms. The molecule has 6 atom stereocenters. The number of carbonyl (C=O) groups is 1. The van der Waals surface area contributed by atoms with Crippen LogP contribution in [0.2, 0.25) is 0 Å². The van der Waals surface area contributed by atoms with Crippen LogP contribution in [-0.4, -0.2) is 60.9 Å². The van der Waals surface area contributed by atoms with Crippen molar-refractivity contribution >= 4 is 11.7 Å². The summed E-state index contributed by atoms with van der Waals surface area (Å²) in [6, 6.07) is 6.63. The summed E-state index contributed by atoms with van der Waals surface area (Å²) < 4.78 is 19.0. The molecule has 2 heterocycles. The Hall–Kier alpha value is -1.92. The van der Waals surface area contributed by atoms with Gasteiger partial charge in [-0.15, -0.1) is 0 Å². The van der Waals surface area contributed by atoms with Crippen molar-refractivity contribution in [2.45, 2.75) is 45.3 Å². The molecule has 31 heavy (non-hydrogen) atoms. The molecule has 168 valence electrons. The number of hydrogen-bond acceptors (Lipinski definition) is 5. The van der Waals surface area contributed by atoms with E-state index in [0.717, 1.165) is 51.1 Å². The normalized spacial score (nSPS) is 38.3. The molecule has 1 aromatic rings. The lowest BCUT2D eigenvalue weighted by Gasteiger charge is -2.52. The summed E-state index contributed by atoms with van der Waals surface area (Å²) >= 11 is 0. The fourth-order valence-corrected chi connectivity index (χ4v) is 6.39. The van der Waals surface area contributed by atoms with Gasteiger partial charge in [-0.05, 0) is 43.0 Å². The number of ether oxygens (including phenoxy) is 1. The number of fused-ring (bicyclic) bond motifs is 2. The predicted octanol–water partition coefficient (Wildman–Crippen LogP) is 3.23. The fraction of sp³-hybridized carbons (Fsp3) is 0.640. The van der Waals surface area contributed by atoms with E-state index in [1.807, 2.05) is 12.1 Å². The number of aliphatic hydroxyl groups is 1. The van der Waals surface area contributed by atoms with Gasteiger partial charge in [0.25, 0.3) is 0 Å². The summed E-state index contributed by atoms with van der Waals surface area (Å²) in [5.41, 5.74) is 2.05. The zero-order valence-corrected chi connectivity index (χ0v) is 18.5. The number of hydrogen-bond donors (Lipinski definition) is 1. The molecular formula is C25H33FN2O3. The summed E-state index contributed by atoms with van der Waals surface area (Å²) in [6.07, 6.45) is 4.42. The van der Waals surface area contributed by atoms with Gasteiger partial charge in [-0.3, -0.25) is 9.69 Å². The Morgan fingerprint density at radius 1 is 1.19 bits per heavy atom. The number of carbonyl (C=O) groups excluding carboxylic acids is 1. The molecule has 0 unspecified atom stereocenters. The lowest BCUT2D eigenvalue weighted by molar-refractivity contribution is -0.145. The minimum Gasteiger partial charge on any atom is -0.461 e. The minimum absolute atomic E-state index is 0.134. The highest BCUT2D eigenvalue weighted by Gasteiger charge is 2.59. The van der Waals surface area contributed by atoms with Crippen LogP contribution in [0.15, 0.2) is 35.9 Å². The van der Waals surface area contributed by atoms with Crippen LogP contribution >= 0.6 is 0 Å². The second-order valence-corrected chi connectivity index (χ2v) is 10.1. The molecule has 2 aliphatic carbocycles. The molecule has 1 N–H and O–H groups in total. The summed E-state index contributed by atoms with van der Waals surface area (Å²) in [5, 5.41) is 11.5. The Bertz CT molecular complexity index is 864. The lowest BCUT2D eigenvalue weighted by atomic mass is 9.55. The minimum atomic E-state index is -0.551. The van der Waals surface area contributed by atoms with Crippen molar-refractivity contribution < 1.29 is 19.0 Å². The number of rotatable bonds is 3. The molecule has 0 aromatic heterocycles. The van der Waals surface area contributed by atoms with Crippen molar-refractivity contribution in [3.8, 4) is 0 Å². The van der Waals surface area contributed by atoms with E-state index in [0.29, 0.717) is 12.5 Å². The average molecular weight is 429 g/mol. The monoisotopic (exact) mass is 428 g/mol. The Morgan fingerprint density at radius 3 is 2.61 bits per heavy atom. The van der Waals surface area contributed by atoms with Crippen LogP contribution in [0, 0.1) is 29.0 Å². The summed E-state index contributed by atoms with van der Waals surface area (Å²) in [7, 11) is 0. The van der Waals surface area contributed by atoms with Crippen molar-refractivity contribution in [1.29, 1.82) is 0 Å². The molecule has 0 spiro atoms. The van der Waals surface area contributed by atoms with Crippen molar-refractivity contribution in [3.63, 3.8) is 0 Å². The largest absolute Gasteiger partial charge is 0.461 e. The van der Waals surface area contributed by atoms with Gasteiger partial charge in [0.2, 0.25) is 0 Å². The molecule has 1 aromatic carbocycles. The SMILES string of the molecule is C[C@H]1CCC=C2C[C@H]3OC(=O)[C@H](CN4CCN(c5ccc(F)cc5)CC4)[C@H]3[C@@H](O)[C@@]21C. The lowest BCUT2D eigenvalue weighted by Crippen LogP contribution is -2.55. The maximum absolute atomic E-state index is 13.2. The molecule has 0 bridgehead atoms. The first-order chi connectivity index (χ1) is 14.9. The van der Waals surface area contributed by atoms with Gasteiger partial charge in [-0.1, -0.05) is 25.5 Å². The van der Waals surface area contributed by atoms with Crippen LogP contribution in [0.5, 0.6) is 0 Å². The van der Waals surface area contributed by atoms with Gasteiger partial charge >= 0.3 is 5.97 Å². The Morgan fingerprint density at radius 2 is 1.90 bits per heavy atom. The van der Waals surface area contributed by atoms with Crippen LogP contribution in [0.1, 0.15) is 33.1 Å². The molecular weight excluding hydrogens is 395 g/mol. The topological polar surface area (TPSA) is 53.0 Å². The third-order valence-electron chi connectivity index (χ3n) is 8.59. The third-order valence-corrected chi connectivity index (χ3v) is 8.59. The molecule has 0 amide bonds. The first-order valence-corrected chi connectivity index (χ1v) is 11.7. The number of benzene rings is 1. The zero-order chi connectivity index (χ0) is 21.8. The van der Waals surface area contributed by atoms with E-state index in [2.05, 4.69) is 29.7 Å². The maximum Gasteiger partial charge on any atom is 0.311 e. The number of esters is 1. The van der Waals surface area contributed by atoms with Crippen LogP contribution < -0.4 is 4.90 Å². The van der Waals surface area contributed by atoms with Gasteiger partial charge in [-0.25, -0.2) is 4.39 Å². The number of aliphatic hydroxyl groups excluding tert-OH is 1. The van der Waals surface area contributed by atoms with Crippen molar-refractivity contribution in [2.24, 2.45) is 23.2 Å². The molecule has 5 nitrogen and oxygen atoms in total. The summed E-state index contributed by atoms with van der Waals surface area (Å²) in [5.74, 6) is -0.374. The molecule has 2 saturated heterocycles. The number of allylic oxidation sites excluding steroid dienone is 1. The van der Waals surface area contributed by atoms with E-state index in [1.54, 1.807) is 0 Å². The highest BCUT2D eigenvalue weighted by Crippen LogP contribution is 2.56. The van der Waals surface area contributed by atoms with Crippen LogP contribution in [-0.2, 0) is 9.53 Å². The van der Waals surface area contributed by atoms with Gasteiger partial charge in [0.15, 0.2) is 0 Å². The van der Waals surface area contributed by atoms with E-state index < -0.39 is 6.10 Å². The van der Waals surface area contributed by atoms with E-state index in [-0.39, 0.29) is 35.1 Å². The first-order valence-electron chi connectivity index (χ1n) is 11.7. The Balaban J connectivity index is 1.27. The van der Waals surface area contributed by atoms with Crippen molar-refractivity contribution in [3.05, 3.63) is 41.7 Å². The van der Waals surface area contributed by atoms with Crippen LogP contribution in [0.3, 0.4) is 0 Å². The number of halogens is 1. The maximum atomic E-state index is 13.2. The molecule has 2 aliphatic heterocycles. The Kier molecular flexibility index (Phi) is 5.33. The third kappa shape index (κ3) is 3.48. The Labute approximate surface area is 183 Å². The number of piperazine rings is 1. The van der Waals surface area contributed by atoms with Crippen LogP contribution in [0.4, 0.5) is 10.1 Å². The fourth-order valence-electron chi connectivity index (χ4n) is 6.39. The predicted molar refractivity (Wildman–Crippen MR) is 117 cm³/mol. The smallest absolute Gasteiger partial charge is 0.311 e. The highest BCUT2D eigenvalue weighted by molar-refractivity contribution is 5.76. The summed E-state index contributed by atoms with van der Waals surface area (Å²) in [4.78, 5) is 17.4. The first kappa shape index (κ1) is 21.0. The molecule has 1 saturated carbocycles. The van der Waals surface area contributed by atoms with Gasteiger partial charge in [-0.2, -0.15) is 0 Å². The van der Waals surface area contributed by atoms with Gasteiger partial charge < -0.3 is 14.7 Å². The van der Waals surface area contributed by atoms with Crippen molar-refractivity contribution in [2.75, 3.05) is 37.6 Å². The second-order valence-electron chi connectivity index (χ2n) is 10.1. The second kappa shape index (κ2) is 7.89. The zero-order valence-electron chi connectivity index (χ0n) is 18.5. The number of anilines is 1. The molecule has 5 rings (SSSR count). The quantitative estimate of drug-likeness (QED) is 0.592. The average Bonchev–Trinajstić information content (AvgIpc) is 3.07. The number of nitrogens with zero attached hydrogens (tertiary/aromatic N) is 2. The molecule has 3 fully saturated rings. The molecule has 0 radical (unpaired) electrons. The van der Waals surface area contributed by atoms with E-state index in [1.165, 1.54) is 17.7 Å². The standard InChI is InChI=1S/C25H33FN2O3/c1-16-4-3-5-17-14-21-22(23(29)25(16,17)2)20(24(30)31-21)15-27-10-12-28(13-11-27)19-8-6-18(26)7-9-19/h5-9,16,20-23,29H,3-4,10-15H2,1-2H3/t16-,20+,21+,22+,23+,25+/m0/s1. The van der Waals surface area contributed by atoms with Gasteiger partial charge in [0.05, 0.1) is 12.0 Å². The van der Waals surface area contributed by atoms with E-state index >= 15 is 0 Å². The van der Waals surface area contributed by atoms with Crippen LogP contribution in [0.25, 0.3) is 0 Å². The molecule has 4 aliphatic rings. The van der Waals surface area contributed by atoms with E-state index in [4.69, 9.17) is 4.74 Å².